The molecule has 4 heteroatoms. The number of fused-ring (bicyclic) bond motifs is 1. The maximum Gasteiger partial charge on any atom is 0.150 e. The van der Waals surface area contributed by atoms with Crippen molar-refractivity contribution in [1.29, 1.82) is 0 Å². The number of aromatic hydroxyl groups is 2. The maximum atomic E-state index is 9.98. The first-order valence-electron chi connectivity index (χ1n) is 10.7. The summed E-state index contributed by atoms with van der Waals surface area (Å²) in [5, 5.41) is 25.2. The molecule has 0 bridgehead atoms. The Morgan fingerprint density at radius 3 is 2.42 bits per heavy atom. The molecule has 1 fully saturated rings. The average molecular weight is 412 g/mol. The van der Waals surface area contributed by atoms with E-state index >= 15 is 0 Å². The van der Waals surface area contributed by atoms with Crippen molar-refractivity contribution >= 4 is 10.8 Å². The Bertz CT molecular complexity index is 1210. The van der Waals surface area contributed by atoms with Gasteiger partial charge in [-0.1, -0.05) is 42.5 Å². The SMILES string of the molecule is Oc1ccc(-c2ccc3cc(O)ccc3c2-c2cccc(OC3CCCCN3)c2)cc1. The van der Waals surface area contributed by atoms with Gasteiger partial charge in [-0.15, -0.1) is 0 Å². The number of hydrogen-bond donors (Lipinski definition) is 3. The Morgan fingerprint density at radius 2 is 1.61 bits per heavy atom. The molecule has 1 heterocycles. The van der Waals surface area contributed by atoms with Crippen molar-refractivity contribution in [3.8, 4) is 39.5 Å². The summed E-state index contributed by atoms with van der Waals surface area (Å²) in [6, 6.07) is 25.0. The van der Waals surface area contributed by atoms with E-state index in [1.807, 2.05) is 36.4 Å². The molecule has 0 aliphatic carbocycles. The summed E-state index contributed by atoms with van der Waals surface area (Å²) < 4.78 is 6.23. The molecule has 0 spiro atoms. The van der Waals surface area contributed by atoms with Crippen molar-refractivity contribution in [2.75, 3.05) is 6.54 Å². The van der Waals surface area contributed by atoms with Crippen LogP contribution in [-0.2, 0) is 0 Å². The molecule has 5 rings (SSSR count). The number of ether oxygens (including phenoxy) is 1. The van der Waals surface area contributed by atoms with Crippen molar-refractivity contribution in [2.24, 2.45) is 0 Å². The Kier molecular flexibility index (Phi) is 5.23. The number of hydrogen-bond acceptors (Lipinski definition) is 4. The van der Waals surface area contributed by atoms with E-state index in [4.69, 9.17) is 4.74 Å². The van der Waals surface area contributed by atoms with E-state index in [1.165, 1.54) is 12.8 Å². The number of phenolic OH excluding ortho intramolecular Hbond substituents is 2. The van der Waals surface area contributed by atoms with Crippen LogP contribution < -0.4 is 10.1 Å². The predicted molar refractivity (Wildman–Crippen MR) is 124 cm³/mol. The highest BCUT2D eigenvalue weighted by Crippen LogP contribution is 2.40. The zero-order valence-corrected chi connectivity index (χ0v) is 17.2. The standard InChI is InChI=1S/C27H25NO3/c29-21-10-7-18(8-11-21)24-13-9-19-16-22(30)12-14-25(19)27(24)20-4-3-5-23(17-20)31-26-6-1-2-15-28-26/h3-5,7-14,16-17,26,28-30H,1-2,6,15H2. The monoisotopic (exact) mass is 411 g/mol. The minimum absolute atomic E-state index is 0.0463. The smallest absolute Gasteiger partial charge is 0.150 e. The molecule has 3 N–H and O–H groups in total. The quantitative estimate of drug-likeness (QED) is 0.382. The van der Waals surface area contributed by atoms with Crippen LogP contribution in [0.1, 0.15) is 19.3 Å². The van der Waals surface area contributed by atoms with Gasteiger partial charge in [0.1, 0.15) is 23.5 Å². The van der Waals surface area contributed by atoms with Gasteiger partial charge in [-0.05, 0) is 95.2 Å². The van der Waals surface area contributed by atoms with Gasteiger partial charge in [0.25, 0.3) is 0 Å². The molecule has 0 radical (unpaired) electrons. The number of nitrogens with one attached hydrogen (secondary N) is 1. The minimum Gasteiger partial charge on any atom is -0.508 e. The largest absolute Gasteiger partial charge is 0.508 e. The Hall–Kier alpha value is -3.50. The first kappa shape index (κ1) is 19.5. The molecular formula is C27H25NO3. The van der Waals surface area contributed by atoms with Crippen LogP contribution >= 0.6 is 0 Å². The van der Waals surface area contributed by atoms with Crippen LogP contribution in [0.15, 0.2) is 78.9 Å². The summed E-state index contributed by atoms with van der Waals surface area (Å²) in [6.07, 6.45) is 3.43. The summed E-state index contributed by atoms with van der Waals surface area (Å²) in [6.45, 7) is 0.988. The third-order valence-corrected chi connectivity index (χ3v) is 5.85. The van der Waals surface area contributed by atoms with Crippen LogP contribution in [0.3, 0.4) is 0 Å². The van der Waals surface area contributed by atoms with Gasteiger partial charge in [0.15, 0.2) is 0 Å². The highest BCUT2D eigenvalue weighted by Gasteiger charge is 2.16. The Balaban J connectivity index is 1.64. The summed E-state index contributed by atoms with van der Waals surface area (Å²) in [5.74, 6) is 1.33. The second kappa shape index (κ2) is 8.32. The molecule has 31 heavy (non-hydrogen) atoms. The van der Waals surface area contributed by atoms with Crippen LogP contribution in [0.2, 0.25) is 0 Å². The predicted octanol–water partition coefficient (Wildman–Crippen LogP) is 6.06. The number of benzene rings is 4. The summed E-state index contributed by atoms with van der Waals surface area (Å²) in [5.41, 5.74) is 4.20. The number of piperidine rings is 1. The average Bonchev–Trinajstić information content (AvgIpc) is 2.80. The van der Waals surface area contributed by atoms with E-state index in [-0.39, 0.29) is 17.7 Å². The second-order valence-corrected chi connectivity index (χ2v) is 8.02. The normalized spacial score (nSPS) is 16.3. The molecule has 1 aliphatic rings. The number of phenols is 2. The molecule has 0 saturated carbocycles. The maximum absolute atomic E-state index is 9.98. The van der Waals surface area contributed by atoms with Crippen molar-refractivity contribution in [2.45, 2.75) is 25.5 Å². The van der Waals surface area contributed by atoms with Crippen molar-refractivity contribution in [3.05, 3.63) is 78.9 Å². The third-order valence-electron chi connectivity index (χ3n) is 5.85. The van der Waals surface area contributed by atoms with E-state index < -0.39 is 0 Å². The lowest BCUT2D eigenvalue weighted by atomic mass is 9.89. The molecule has 156 valence electrons. The van der Waals surface area contributed by atoms with E-state index in [0.29, 0.717) is 0 Å². The van der Waals surface area contributed by atoms with Gasteiger partial charge in [-0.3, -0.25) is 5.32 Å². The summed E-state index contributed by atoms with van der Waals surface area (Å²) >= 11 is 0. The van der Waals surface area contributed by atoms with Crippen LogP contribution in [0, 0.1) is 0 Å². The van der Waals surface area contributed by atoms with Gasteiger partial charge in [0, 0.05) is 0 Å². The lowest BCUT2D eigenvalue weighted by Gasteiger charge is -2.24. The Morgan fingerprint density at radius 1 is 0.774 bits per heavy atom. The first-order valence-corrected chi connectivity index (χ1v) is 10.7. The van der Waals surface area contributed by atoms with Crippen molar-refractivity contribution < 1.29 is 14.9 Å². The van der Waals surface area contributed by atoms with Crippen molar-refractivity contribution in [1.82, 2.24) is 5.32 Å². The minimum atomic E-state index is 0.0463. The van der Waals surface area contributed by atoms with Gasteiger partial charge >= 0.3 is 0 Å². The van der Waals surface area contributed by atoms with Crippen LogP contribution in [0.4, 0.5) is 0 Å². The molecule has 1 aliphatic heterocycles. The van der Waals surface area contributed by atoms with Gasteiger partial charge < -0.3 is 14.9 Å². The summed E-state index contributed by atoms with van der Waals surface area (Å²) in [7, 11) is 0. The molecule has 1 unspecified atom stereocenters. The van der Waals surface area contributed by atoms with Crippen molar-refractivity contribution in [3.63, 3.8) is 0 Å². The molecule has 4 nitrogen and oxygen atoms in total. The molecule has 1 atom stereocenters. The van der Waals surface area contributed by atoms with Gasteiger partial charge in [-0.2, -0.15) is 0 Å². The van der Waals surface area contributed by atoms with Crippen LogP contribution in [0.5, 0.6) is 17.2 Å². The van der Waals surface area contributed by atoms with E-state index in [2.05, 4.69) is 23.5 Å². The lowest BCUT2D eigenvalue weighted by Crippen LogP contribution is -2.38. The van der Waals surface area contributed by atoms with E-state index in [1.54, 1.807) is 24.3 Å². The highest BCUT2D eigenvalue weighted by atomic mass is 16.5. The topological polar surface area (TPSA) is 61.7 Å². The molecule has 4 aromatic rings. The molecular weight excluding hydrogens is 386 g/mol. The van der Waals surface area contributed by atoms with Crippen LogP contribution in [0.25, 0.3) is 33.0 Å². The second-order valence-electron chi connectivity index (χ2n) is 8.02. The fourth-order valence-corrected chi connectivity index (χ4v) is 4.32. The molecule has 0 aromatic heterocycles. The molecule has 0 amide bonds. The van der Waals surface area contributed by atoms with Crippen LogP contribution in [-0.4, -0.2) is 23.0 Å². The van der Waals surface area contributed by atoms with Gasteiger partial charge in [0.2, 0.25) is 0 Å². The third kappa shape index (κ3) is 4.07. The van der Waals surface area contributed by atoms with Gasteiger partial charge in [0.05, 0.1) is 0 Å². The zero-order valence-electron chi connectivity index (χ0n) is 17.2. The first-order chi connectivity index (χ1) is 15.2. The summed E-state index contributed by atoms with van der Waals surface area (Å²) in [4.78, 5) is 0. The lowest BCUT2D eigenvalue weighted by molar-refractivity contribution is 0.132. The fraction of sp³-hybridized carbons (Fsp3) is 0.185. The number of rotatable bonds is 4. The van der Waals surface area contributed by atoms with Gasteiger partial charge in [-0.25, -0.2) is 0 Å². The van der Waals surface area contributed by atoms with E-state index in [9.17, 15) is 10.2 Å². The molecule has 4 aromatic carbocycles. The zero-order chi connectivity index (χ0) is 21.2. The molecule has 1 saturated heterocycles. The fourth-order valence-electron chi connectivity index (χ4n) is 4.32. The highest BCUT2D eigenvalue weighted by molar-refractivity contribution is 6.04. The Labute approximate surface area is 181 Å². The van der Waals surface area contributed by atoms with E-state index in [0.717, 1.165) is 51.7 Å².